The van der Waals surface area contributed by atoms with E-state index in [1.807, 2.05) is 0 Å². The average molecular weight is 385 g/mol. The van der Waals surface area contributed by atoms with Crippen molar-refractivity contribution in [1.29, 1.82) is 0 Å². The molecule has 7 nitrogen and oxygen atoms in total. The summed E-state index contributed by atoms with van der Waals surface area (Å²) in [6.45, 7) is 6.46. The lowest BCUT2D eigenvalue weighted by Gasteiger charge is -2.29. The molecule has 28 heavy (non-hydrogen) atoms. The number of morpholine rings is 1. The lowest BCUT2D eigenvalue weighted by atomic mass is 10.1. The maximum Gasteiger partial charge on any atom is 0.201 e. The molecule has 1 aromatic carbocycles. The smallest absolute Gasteiger partial charge is 0.201 e. The number of aliphatic imine (C=N–C) groups is 1. The molecule has 0 saturated carbocycles. The molecule has 3 aliphatic heterocycles. The fourth-order valence-corrected chi connectivity index (χ4v) is 4.52. The Morgan fingerprint density at radius 1 is 0.964 bits per heavy atom. The van der Waals surface area contributed by atoms with Gasteiger partial charge in [-0.3, -0.25) is 4.99 Å². The molecule has 5 rings (SSSR count). The van der Waals surface area contributed by atoms with Crippen molar-refractivity contribution in [2.45, 2.75) is 18.9 Å². The van der Waals surface area contributed by atoms with Crippen LogP contribution < -0.4 is 4.90 Å². The van der Waals surface area contributed by atoms with Crippen LogP contribution in [0.5, 0.6) is 5.88 Å². The summed E-state index contributed by atoms with van der Waals surface area (Å²) in [5, 5.41) is 12.3. The van der Waals surface area contributed by atoms with Gasteiger partial charge in [-0.15, -0.1) is 0 Å². The molecule has 0 bridgehead atoms. The molecule has 1 N–H and O–H groups in total. The first-order chi connectivity index (χ1) is 13.8. The molecule has 4 heterocycles. The average Bonchev–Trinajstić information content (AvgIpc) is 3.06. The third-order valence-corrected chi connectivity index (χ3v) is 5.96. The molecule has 0 atom stereocenters. The first kappa shape index (κ1) is 18.0. The highest BCUT2D eigenvalue weighted by atomic mass is 16.5. The second-order valence-corrected chi connectivity index (χ2v) is 7.59. The van der Waals surface area contributed by atoms with Crippen LogP contribution in [0.15, 0.2) is 23.2 Å². The van der Waals surface area contributed by atoms with E-state index in [4.69, 9.17) is 14.2 Å². The molecule has 3 aliphatic rings. The highest BCUT2D eigenvalue weighted by Crippen LogP contribution is 2.39. The number of aromatic nitrogens is 1. The minimum absolute atomic E-state index is 0.240. The van der Waals surface area contributed by atoms with Gasteiger partial charge in [0.1, 0.15) is 0 Å². The van der Waals surface area contributed by atoms with Crippen LogP contribution in [0, 0.1) is 0 Å². The first-order valence-corrected chi connectivity index (χ1v) is 10.2. The summed E-state index contributed by atoms with van der Waals surface area (Å²) in [6, 6.07) is 6.74. The normalized spacial score (nSPS) is 21.9. The zero-order chi connectivity index (χ0) is 18.9. The Morgan fingerprint density at radius 2 is 1.75 bits per heavy atom. The van der Waals surface area contributed by atoms with E-state index in [0.717, 1.165) is 74.5 Å². The molecule has 2 saturated heterocycles. The monoisotopic (exact) mass is 385 g/mol. The fraction of sp³-hybridized carbons (Fsp3) is 0.571. The van der Waals surface area contributed by atoms with Gasteiger partial charge >= 0.3 is 0 Å². The maximum atomic E-state index is 11.3. The molecular weight excluding hydrogens is 358 g/mol. The van der Waals surface area contributed by atoms with E-state index in [1.54, 1.807) is 0 Å². The molecule has 0 unspecified atom stereocenters. The number of hydrogen-bond donors (Lipinski definition) is 1. The van der Waals surface area contributed by atoms with Gasteiger partial charge in [0.05, 0.1) is 49.8 Å². The van der Waals surface area contributed by atoms with Crippen molar-refractivity contribution in [3.8, 4) is 5.88 Å². The quantitative estimate of drug-likeness (QED) is 0.879. The number of nitrogens with zero attached hydrogens (tertiary/aromatic N) is 3. The molecular formula is C21H27N3O4. The van der Waals surface area contributed by atoms with Gasteiger partial charge in [-0.1, -0.05) is 0 Å². The predicted octanol–water partition coefficient (Wildman–Crippen LogP) is 2.35. The number of ether oxygens (including phenoxy) is 3. The molecule has 0 aliphatic carbocycles. The summed E-state index contributed by atoms with van der Waals surface area (Å²) in [5.41, 5.74) is 3.90. The number of aromatic hydroxyl groups is 1. The van der Waals surface area contributed by atoms with E-state index in [-0.39, 0.29) is 6.04 Å². The zero-order valence-electron chi connectivity index (χ0n) is 16.1. The second-order valence-electron chi connectivity index (χ2n) is 7.59. The summed E-state index contributed by atoms with van der Waals surface area (Å²) in [5.74, 6) is 0.310. The van der Waals surface area contributed by atoms with E-state index in [0.29, 0.717) is 25.6 Å². The van der Waals surface area contributed by atoms with Crippen LogP contribution in [0.4, 0.5) is 5.69 Å². The number of rotatable bonds is 3. The molecule has 7 heteroatoms. The molecule has 2 aromatic rings. The first-order valence-electron chi connectivity index (χ1n) is 10.2. The van der Waals surface area contributed by atoms with Crippen LogP contribution in [-0.4, -0.2) is 74.7 Å². The number of anilines is 1. The lowest BCUT2D eigenvalue weighted by Crippen LogP contribution is -2.36. The van der Waals surface area contributed by atoms with Crippen LogP contribution in [0.2, 0.25) is 0 Å². The van der Waals surface area contributed by atoms with Gasteiger partial charge in [0.2, 0.25) is 5.88 Å². The summed E-state index contributed by atoms with van der Waals surface area (Å²) in [4.78, 5) is 7.01. The van der Waals surface area contributed by atoms with Gasteiger partial charge in [-0.2, -0.15) is 0 Å². The number of hydrogen-bond acceptors (Lipinski definition) is 6. The van der Waals surface area contributed by atoms with Crippen molar-refractivity contribution >= 4 is 22.3 Å². The minimum atomic E-state index is 0.240. The van der Waals surface area contributed by atoms with Gasteiger partial charge in [0.25, 0.3) is 0 Å². The molecule has 0 spiro atoms. The fourth-order valence-electron chi connectivity index (χ4n) is 4.52. The van der Waals surface area contributed by atoms with Crippen molar-refractivity contribution < 1.29 is 19.3 Å². The van der Waals surface area contributed by atoms with E-state index >= 15 is 0 Å². The number of benzene rings is 1. The van der Waals surface area contributed by atoms with Gasteiger partial charge in [-0.05, 0) is 31.0 Å². The van der Waals surface area contributed by atoms with Crippen LogP contribution in [0.3, 0.4) is 0 Å². The van der Waals surface area contributed by atoms with Crippen LogP contribution in [-0.2, 0) is 14.2 Å². The third-order valence-electron chi connectivity index (χ3n) is 5.96. The summed E-state index contributed by atoms with van der Waals surface area (Å²) in [6.07, 6.45) is 1.82. The largest absolute Gasteiger partial charge is 0.494 e. The number of fused-ring (bicyclic) bond motifs is 1. The lowest BCUT2D eigenvalue weighted by molar-refractivity contribution is 0.0688. The third kappa shape index (κ3) is 3.17. The van der Waals surface area contributed by atoms with E-state index in [9.17, 15) is 5.11 Å². The van der Waals surface area contributed by atoms with E-state index in [2.05, 4.69) is 32.7 Å². The van der Waals surface area contributed by atoms with Crippen molar-refractivity contribution in [3.05, 3.63) is 23.8 Å². The molecule has 2 fully saturated rings. The minimum Gasteiger partial charge on any atom is -0.494 e. The predicted molar refractivity (Wildman–Crippen MR) is 108 cm³/mol. The van der Waals surface area contributed by atoms with Gasteiger partial charge in [0.15, 0.2) is 0 Å². The Morgan fingerprint density at radius 3 is 2.50 bits per heavy atom. The van der Waals surface area contributed by atoms with Crippen LogP contribution in [0.1, 0.15) is 24.4 Å². The molecule has 0 radical (unpaired) electrons. The topological polar surface area (TPSA) is 68.5 Å². The highest BCUT2D eigenvalue weighted by molar-refractivity contribution is 6.14. The molecule has 1 aromatic heterocycles. The van der Waals surface area contributed by atoms with E-state index in [1.165, 1.54) is 5.69 Å². The van der Waals surface area contributed by atoms with Crippen molar-refractivity contribution in [2.24, 2.45) is 4.99 Å². The summed E-state index contributed by atoms with van der Waals surface area (Å²) in [7, 11) is 0. The summed E-state index contributed by atoms with van der Waals surface area (Å²) >= 11 is 0. The molecule has 150 valence electrons. The van der Waals surface area contributed by atoms with Gasteiger partial charge in [0, 0.05) is 43.4 Å². The van der Waals surface area contributed by atoms with Crippen LogP contribution >= 0.6 is 0 Å². The van der Waals surface area contributed by atoms with E-state index < -0.39 is 0 Å². The Bertz CT molecular complexity index is 879. The maximum absolute atomic E-state index is 11.3. The SMILES string of the molecule is Oc1c(C2=NCCOC2)c2cc(N3CCOCC3)ccc2n1C1CCOCC1. The second kappa shape index (κ2) is 7.73. The Kier molecular flexibility index (Phi) is 4.96. The highest BCUT2D eigenvalue weighted by Gasteiger charge is 2.28. The molecule has 0 amide bonds. The Labute approximate surface area is 164 Å². The Balaban J connectivity index is 1.65. The van der Waals surface area contributed by atoms with Crippen molar-refractivity contribution in [3.63, 3.8) is 0 Å². The van der Waals surface area contributed by atoms with Crippen molar-refractivity contribution in [1.82, 2.24) is 4.57 Å². The standard InChI is InChI=1S/C21H27N3O4/c25-21-20(18-14-28-10-5-22-18)17-13-16(23-6-11-27-12-7-23)1-2-19(17)24(21)15-3-8-26-9-4-15/h1-2,13,15,25H,3-12,14H2. The van der Waals surface area contributed by atoms with Crippen LogP contribution in [0.25, 0.3) is 10.9 Å². The van der Waals surface area contributed by atoms with Gasteiger partial charge in [-0.25, -0.2) is 0 Å². The van der Waals surface area contributed by atoms with Gasteiger partial charge < -0.3 is 28.8 Å². The zero-order valence-corrected chi connectivity index (χ0v) is 16.1. The van der Waals surface area contributed by atoms with Crippen molar-refractivity contribution in [2.75, 3.05) is 64.2 Å². The summed E-state index contributed by atoms with van der Waals surface area (Å²) < 4.78 is 18.8. The Hall–Kier alpha value is -2.09.